The second-order valence-corrected chi connectivity index (χ2v) is 8.12. The highest BCUT2D eigenvalue weighted by Gasteiger charge is 2.22. The average molecular weight is 425 g/mol. The van der Waals surface area contributed by atoms with Gasteiger partial charge in [-0.2, -0.15) is 0 Å². The molecule has 164 valence electrons. The van der Waals surface area contributed by atoms with Crippen LogP contribution < -0.4 is 25.0 Å². The molecule has 2 aromatic carbocycles. The largest absolute Gasteiger partial charge is 0.454 e. The number of nitrogens with one attached hydrogen (secondary N) is 2. The molecule has 2 aliphatic heterocycles. The van der Waals surface area contributed by atoms with Gasteiger partial charge < -0.3 is 29.9 Å². The fourth-order valence-electron chi connectivity index (χ4n) is 3.98. The summed E-state index contributed by atoms with van der Waals surface area (Å²) in [5.74, 6) is 0.0190. The molecule has 0 saturated heterocycles. The zero-order chi connectivity index (χ0) is 22.0. The normalized spacial score (nSPS) is 15.0. The average Bonchev–Trinajstić information content (AvgIpc) is 3.37. The Labute approximate surface area is 182 Å². The van der Waals surface area contributed by atoms with Gasteiger partial charge in [-0.25, -0.2) is 0 Å². The number of likely N-dealkylation sites (N-methyl/N-ethyl adjacent to an activating group) is 2. The van der Waals surface area contributed by atoms with Crippen molar-refractivity contribution in [3.05, 3.63) is 53.1 Å². The minimum absolute atomic E-state index is 0.0261. The van der Waals surface area contributed by atoms with Crippen LogP contribution in [0.3, 0.4) is 0 Å². The number of nitrogens with zero attached hydrogens (tertiary/aromatic N) is 2. The number of anilines is 1. The summed E-state index contributed by atoms with van der Waals surface area (Å²) in [5, 5.41) is 5.42. The fraction of sp³-hybridized carbons (Fsp3) is 0.391. The van der Waals surface area contributed by atoms with Gasteiger partial charge in [0.15, 0.2) is 11.5 Å². The quantitative estimate of drug-likeness (QED) is 0.683. The standard InChI is InChI=1S/C23H28N4O4/c1-26(2)19(16-5-6-18-17(11-16)8-9-27(18)3)13-25-23(29)22(28)24-12-15-4-7-20-21(10-15)31-14-30-20/h4-7,10-11,19H,8-9,12-14H2,1-3H3,(H,24,28)(H,25,29)/t19-/m1/s1. The van der Waals surface area contributed by atoms with E-state index in [-0.39, 0.29) is 19.4 Å². The van der Waals surface area contributed by atoms with Crippen molar-refractivity contribution in [2.24, 2.45) is 0 Å². The number of hydrogen-bond donors (Lipinski definition) is 2. The smallest absolute Gasteiger partial charge is 0.309 e. The Balaban J connectivity index is 1.32. The van der Waals surface area contributed by atoms with Gasteiger partial charge in [0.2, 0.25) is 6.79 Å². The van der Waals surface area contributed by atoms with E-state index in [9.17, 15) is 9.59 Å². The van der Waals surface area contributed by atoms with Gasteiger partial charge >= 0.3 is 11.8 Å². The van der Waals surface area contributed by atoms with E-state index in [0.29, 0.717) is 18.0 Å². The molecule has 2 amide bonds. The van der Waals surface area contributed by atoms with Crippen molar-refractivity contribution >= 4 is 17.5 Å². The van der Waals surface area contributed by atoms with Gasteiger partial charge in [0.25, 0.3) is 0 Å². The van der Waals surface area contributed by atoms with Crippen molar-refractivity contribution in [2.45, 2.75) is 19.0 Å². The molecule has 0 saturated carbocycles. The van der Waals surface area contributed by atoms with Crippen LogP contribution >= 0.6 is 0 Å². The second kappa shape index (κ2) is 8.85. The van der Waals surface area contributed by atoms with E-state index in [1.807, 2.05) is 25.1 Å². The Morgan fingerprint density at radius 2 is 1.84 bits per heavy atom. The van der Waals surface area contributed by atoms with Crippen molar-refractivity contribution in [1.82, 2.24) is 15.5 Å². The Morgan fingerprint density at radius 1 is 1.06 bits per heavy atom. The molecule has 0 radical (unpaired) electrons. The van der Waals surface area contributed by atoms with Crippen LogP contribution in [0.4, 0.5) is 5.69 Å². The summed E-state index contributed by atoms with van der Waals surface area (Å²) in [6, 6.07) is 11.8. The molecule has 8 nitrogen and oxygen atoms in total. The minimum Gasteiger partial charge on any atom is -0.454 e. The van der Waals surface area contributed by atoms with E-state index in [2.05, 4.69) is 40.8 Å². The summed E-state index contributed by atoms with van der Waals surface area (Å²) in [5.41, 5.74) is 4.53. The number of amides is 2. The Bertz CT molecular complexity index is 992. The third kappa shape index (κ3) is 4.59. The van der Waals surface area contributed by atoms with Gasteiger partial charge in [0.05, 0.1) is 6.04 Å². The van der Waals surface area contributed by atoms with Crippen molar-refractivity contribution in [3.8, 4) is 11.5 Å². The summed E-state index contributed by atoms with van der Waals surface area (Å²) in [4.78, 5) is 28.9. The second-order valence-electron chi connectivity index (χ2n) is 8.12. The summed E-state index contributed by atoms with van der Waals surface area (Å²) in [6.07, 6.45) is 1.02. The van der Waals surface area contributed by atoms with Gasteiger partial charge in [-0.05, 0) is 55.4 Å². The fourth-order valence-corrected chi connectivity index (χ4v) is 3.98. The van der Waals surface area contributed by atoms with Crippen LogP contribution in [-0.4, -0.2) is 57.7 Å². The first-order chi connectivity index (χ1) is 14.9. The van der Waals surface area contributed by atoms with Crippen LogP contribution in [0.25, 0.3) is 0 Å². The van der Waals surface area contributed by atoms with E-state index in [0.717, 1.165) is 24.1 Å². The lowest BCUT2D eigenvalue weighted by Gasteiger charge is -2.26. The maximum atomic E-state index is 12.3. The molecule has 0 bridgehead atoms. The van der Waals surface area contributed by atoms with E-state index in [1.54, 1.807) is 12.1 Å². The third-order valence-corrected chi connectivity index (χ3v) is 5.79. The van der Waals surface area contributed by atoms with Crippen LogP contribution in [0.2, 0.25) is 0 Å². The zero-order valence-corrected chi connectivity index (χ0v) is 18.1. The van der Waals surface area contributed by atoms with Crippen molar-refractivity contribution in [3.63, 3.8) is 0 Å². The summed E-state index contributed by atoms with van der Waals surface area (Å²) >= 11 is 0. The Morgan fingerprint density at radius 3 is 2.65 bits per heavy atom. The Hall–Kier alpha value is -3.26. The minimum atomic E-state index is -0.661. The molecule has 4 rings (SSSR count). The van der Waals surface area contributed by atoms with Gasteiger partial charge in [-0.3, -0.25) is 9.59 Å². The lowest BCUT2D eigenvalue weighted by Crippen LogP contribution is -2.42. The molecular formula is C23H28N4O4. The van der Waals surface area contributed by atoms with Crippen molar-refractivity contribution < 1.29 is 19.1 Å². The summed E-state index contributed by atoms with van der Waals surface area (Å²) in [7, 11) is 6.03. The number of benzene rings is 2. The van der Waals surface area contributed by atoms with Crippen LogP contribution in [0.15, 0.2) is 36.4 Å². The number of fused-ring (bicyclic) bond motifs is 2. The first kappa shape index (κ1) is 21.0. The maximum absolute atomic E-state index is 12.3. The molecular weight excluding hydrogens is 396 g/mol. The maximum Gasteiger partial charge on any atom is 0.309 e. The highest BCUT2D eigenvalue weighted by molar-refractivity contribution is 6.35. The highest BCUT2D eigenvalue weighted by atomic mass is 16.7. The number of carbonyl (C=O) groups excluding carboxylic acids is 2. The zero-order valence-electron chi connectivity index (χ0n) is 18.1. The third-order valence-electron chi connectivity index (χ3n) is 5.79. The first-order valence-corrected chi connectivity index (χ1v) is 10.4. The van der Waals surface area contributed by atoms with Gasteiger partial charge in [-0.1, -0.05) is 18.2 Å². The molecule has 0 aliphatic carbocycles. The molecule has 1 atom stereocenters. The number of carbonyl (C=O) groups is 2. The summed E-state index contributed by atoms with van der Waals surface area (Å²) < 4.78 is 10.6. The van der Waals surface area contributed by atoms with Crippen molar-refractivity contribution in [2.75, 3.05) is 45.9 Å². The van der Waals surface area contributed by atoms with Gasteiger partial charge in [0.1, 0.15) is 0 Å². The molecule has 0 aromatic heterocycles. The lowest BCUT2D eigenvalue weighted by molar-refractivity contribution is -0.139. The summed E-state index contributed by atoms with van der Waals surface area (Å²) in [6.45, 7) is 1.80. The predicted octanol–water partition coefficient (Wildman–Crippen LogP) is 1.44. The SMILES string of the molecule is CN1CCc2cc([C@@H](CNC(=O)C(=O)NCc3ccc4c(c3)OCO4)N(C)C)ccc21. The molecule has 0 unspecified atom stereocenters. The number of rotatable bonds is 6. The van der Waals surface area contributed by atoms with Crippen LogP contribution in [0.1, 0.15) is 22.7 Å². The molecule has 0 spiro atoms. The van der Waals surface area contributed by atoms with E-state index in [1.165, 1.54) is 11.3 Å². The van der Waals surface area contributed by atoms with Gasteiger partial charge in [0, 0.05) is 32.4 Å². The van der Waals surface area contributed by atoms with Gasteiger partial charge in [-0.15, -0.1) is 0 Å². The molecule has 31 heavy (non-hydrogen) atoms. The predicted molar refractivity (Wildman–Crippen MR) is 117 cm³/mol. The van der Waals surface area contributed by atoms with Crippen LogP contribution in [-0.2, 0) is 22.6 Å². The van der Waals surface area contributed by atoms with E-state index >= 15 is 0 Å². The number of hydrogen-bond acceptors (Lipinski definition) is 6. The monoisotopic (exact) mass is 424 g/mol. The van der Waals surface area contributed by atoms with Crippen LogP contribution in [0, 0.1) is 0 Å². The number of ether oxygens (including phenoxy) is 2. The topological polar surface area (TPSA) is 83.1 Å². The highest BCUT2D eigenvalue weighted by Crippen LogP contribution is 2.32. The molecule has 2 heterocycles. The van der Waals surface area contributed by atoms with Crippen LogP contribution in [0.5, 0.6) is 11.5 Å². The lowest BCUT2D eigenvalue weighted by atomic mass is 10.0. The van der Waals surface area contributed by atoms with E-state index < -0.39 is 11.8 Å². The molecule has 2 aliphatic rings. The van der Waals surface area contributed by atoms with E-state index in [4.69, 9.17) is 9.47 Å². The molecule has 2 aromatic rings. The Kier molecular flexibility index (Phi) is 5.99. The first-order valence-electron chi connectivity index (χ1n) is 10.4. The molecule has 0 fully saturated rings. The molecule has 8 heteroatoms. The van der Waals surface area contributed by atoms with Crippen molar-refractivity contribution in [1.29, 1.82) is 0 Å². The molecule has 2 N–H and O–H groups in total.